The van der Waals surface area contributed by atoms with Crippen LogP contribution in [0.15, 0.2) is 16.6 Å². The second-order valence-corrected chi connectivity index (χ2v) is 4.33. The average Bonchev–Trinajstić information content (AvgIpc) is 2.63. The smallest absolute Gasteiger partial charge is 0.134 e. The molecule has 2 N–H and O–H groups in total. The monoisotopic (exact) mass is 259 g/mol. The second-order valence-electron chi connectivity index (χ2n) is 3.47. The van der Waals surface area contributed by atoms with Crippen LogP contribution in [0.3, 0.4) is 0 Å². The summed E-state index contributed by atoms with van der Waals surface area (Å²) in [5.74, 6) is -0.177. The molecule has 0 unspecified atom stereocenters. The van der Waals surface area contributed by atoms with Gasteiger partial charge in [0.25, 0.3) is 0 Å². The Kier molecular flexibility index (Phi) is 2.74. The minimum atomic E-state index is -0.321. The Balaban J connectivity index is 2.40. The lowest BCUT2D eigenvalue weighted by molar-refractivity contribution is 0.450. The maximum atomic E-state index is 13.1. The van der Waals surface area contributed by atoms with E-state index >= 15 is 0 Å². The lowest BCUT2D eigenvalue weighted by Crippen LogP contribution is -2.13. The quantitative estimate of drug-likeness (QED) is 0.813. The zero-order chi connectivity index (χ0) is 10.1. The maximum Gasteiger partial charge on any atom is 0.134 e. The Labute approximate surface area is 90.3 Å². The van der Waals surface area contributed by atoms with Crippen LogP contribution >= 0.6 is 15.9 Å². The van der Waals surface area contributed by atoms with Crippen LogP contribution in [0, 0.1) is 5.82 Å². The van der Waals surface area contributed by atoms with E-state index in [0.717, 1.165) is 19.4 Å². The van der Waals surface area contributed by atoms with Crippen molar-refractivity contribution < 1.29 is 9.50 Å². The number of rotatable bonds is 1. The molecule has 1 aromatic carbocycles. The Hall–Kier alpha value is -0.610. The number of nitrogens with one attached hydrogen (secondary N) is 1. The van der Waals surface area contributed by atoms with Crippen LogP contribution in [0.5, 0.6) is 5.75 Å². The van der Waals surface area contributed by atoms with Gasteiger partial charge in [-0.2, -0.15) is 0 Å². The van der Waals surface area contributed by atoms with Crippen LogP contribution in [0.2, 0.25) is 0 Å². The van der Waals surface area contributed by atoms with E-state index in [1.54, 1.807) is 0 Å². The molecular weight excluding hydrogens is 249 g/mol. The third-order valence-electron chi connectivity index (χ3n) is 2.49. The molecule has 1 saturated heterocycles. The lowest BCUT2D eigenvalue weighted by atomic mass is 10.0. The predicted molar refractivity (Wildman–Crippen MR) is 55.7 cm³/mol. The van der Waals surface area contributed by atoms with Crippen molar-refractivity contribution >= 4 is 15.9 Å². The first-order chi connectivity index (χ1) is 6.68. The summed E-state index contributed by atoms with van der Waals surface area (Å²) >= 11 is 3.13. The molecule has 0 amide bonds. The van der Waals surface area contributed by atoms with Crippen molar-refractivity contribution in [1.29, 1.82) is 0 Å². The molecule has 1 atom stereocenters. The molecule has 0 aromatic heterocycles. The van der Waals surface area contributed by atoms with Gasteiger partial charge in [-0.15, -0.1) is 0 Å². The van der Waals surface area contributed by atoms with Gasteiger partial charge in [-0.3, -0.25) is 0 Å². The fourth-order valence-electron chi connectivity index (χ4n) is 1.80. The van der Waals surface area contributed by atoms with Gasteiger partial charge in [0, 0.05) is 11.6 Å². The van der Waals surface area contributed by atoms with Crippen LogP contribution in [0.25, 0.3) is 0 Å². The van der Waals surface area contributed by atoms with Gasteiger partial charge in [0.05, 0.1) is 4.47 Å². The third-order valence-corrected chi connectivity index (χ3v) is 3.10. The van der Waals surface area contributed by atoms with Gasteiger partial charge in [-0.05, 0) is 47.4 Å². The van der Waals surface area contributed by atoms with Crippen molar-refractivity contribution in [2.24, 2.45) is 0 Å². The molecule has 14 heavy (non-hydrogen) atoms. The number of halogens is 2. The van der Waals surface area contributed by atoms with Gasteiger partial charge in [0.2, 0.25) is 0 Å². The van der Waals surface area contributed by atoms with Crippen molar-refractivity contribution in [3.63, 3.8) is 0 Å². The van der Waals surface area contributed by atoms with Crippen LogP contribution in [0.4, 0.5) is 4.39 Å². The van der Waals surface area contributed by atoms with E-state index in [0.29, 0.717) is 10.0 Å². The highest BCUT2D eigenvalue weighted by Crippen LogP contribution is 2.36. The van der Waals surface area contributed by atoms with E-state index < -0.39 is 0 Å². The van der Waals surface area contributed by atoms with Crippen LogP contribution in [-0.2, 0) is 0 Å². The first-order valence-corrected chi connectivity index (χ1v) is 5.39. The molecule has 1 fully saturated rings. The second kappa shape index (κ2) is 3.87. The fourth-order valence-corrected chi connectivity index (χ4v) is 2.25. The Morgan fingerprint density at radius 2 is 2.29 bits per heavy atom. The number of phenols is 1. The normalized spacial score (nSPS) is 21.4. The minimum Gasteiger partial charge on any atom is -0.506 e. The molecule has 1 heterocycles. The predicted octanol–water partition coefficient (Wildman–Crippen LogP) is 2.72. The standard InChI is InChI=1S/C10H11BrFNO/c11-8-5-6(12)4-7(10(8)14)9-2-1-3-13-9/h4-5,9,13-14H,1-3H2/t9-/m0/s1. The van der Waals surface area contributed by atoms with Gasteiger partial charge < -0.3 is 10.4 Å². The van der Waals surface area contributed by atoms with Gasteiger partial charge in [0.15, 0.2) is 0 Å². The molecule has 0 saturated carbocycles. The highest BCUT2D eigenvalue weighted by Gasteiger charge is 2.21. The summed E-state index contributed by atoms with van der Waals surface area (Å²) < 4.78 is 13.5. The topological polar surface area (TPSA) is 32.3 Å². The van der Waals surface area contributed by atoms with Crippen molar-refractivity contribution in [3.05, 3.63) is 28.0 Å². The molecular formula is C10H11BrFNO. The summed E-state index contributed by atoms with van der Waals surface area (Å²) in [5, 5.41) is 12.9. The summed E-state index contributed by atoms with van der Waals surface area (Å²) in [7, 11) is 0. The fraction of sp³-hybridized carbons (Fsp3) is 0.400. The van der Waals surface area contributed by atoms with Gasteiger partial charge in [-0.25, -0.2) is 4.39 Å². The van der Waals surface area contributed by atoms with Gasteiger partial charge in [0.1, 0.15) is 11.6 Å². The number of phenolic OH excluding ortho intramolecular Hbond substituents is 1. The molecule has 2 nitrogen and oxygen atoms in total. The summed E-state index contributed by atoms with van der Waals surface area (Å²) in [6.45, 7) is 0.929. The SMILES string of the molecule is Oc1c(Br)cc(F)cc1[C@@H]1CCCN1. The van der Waals surface area contributed by atoms with E-state index in [-0.39, 0.29) is 17.6 Å². The average molecular weight is 260 g/mol. The van der Waals surface area contributed by atoms with Gasteiger partial charge in [-0.1, -0.05) is 0 Å². The van der Waals surface area contributed by atoms with Gasteiger partial charge >= 0.3 is 0 Å². The molecule has 0 radical (unpaired) electrons. The minimum absolute atomic E-state index is 0.0852. The van der Waals surface area contributed by atoms with Crippen LogP contribution < -0.4 is 5.32 Å². The number of benzene rings is 1. The highest BCUT2D eigenvalue weighted by molar-refractivity contribution is 9.10. The summed E-state index contributed by atoms with van der Waals surface area (Å²) in [6.07, 6.45) is 2.02. The third kappa shape index (κ3) is 1.77. The van der Waals surface area contributed by atoms with E-state index in [2.05, 4.69) is 21.2 Å². The van der Waals surface area contributed by atoms with Crippen molar-refractivity contribution in [1.82, 2.24) is 5.32 Å². The van der Waals surface area contributed by atoms with E-state index in [9.17, 15) is 9.50 Å². The Morgan fingerprint density at radius 3 is 2.93 bits per heavy atom. The lowest BCUT2D eigenvalue weighted by Gasteiger charge is -2.13. The molecule has 1 aromatic rings. The summed E-state index contributed by atoms with van der Waals surface area (Å²) in [5.41, 5.74) is 0.648. The van der Waals surface area contributed by atoms with Crippen molar-refractivity contribution in [2.45, 2.75) is 18.9 Å². The highest BCUT2D eigenvalue weighted by atomic mass is 79.9. The van der Waals surface area contributed by atoms with E-state index in [1.807, 2.05) is 0 Å². The maximum absolute atomic E-state index is 13.1. The van der Waals surface area contributed by atoms with Crippen LogP contribution in [0.1, 0.15) is 24.4 Å². The number of hydrogen-bond donors (Lipinski definition) is 2. The number of hydrogen-bond acceptors (Lipinski definition) is 2. The Morgan fingerprint density at radius 1 is 1.50 bits per heavy atom. The van der Waals surface area contributed by atoms with Crippen molar-refractivity contribution in [2.75, 3.05) is 6.54 Å². The molecule has 76 valence electrons. The zero-order valence-electron chi connectivity index (χ0n) is 7.56. The molecule has 1 aliphatic heterocycles. The summed E-state index contributed by atoms with van der Waals surface area (Å²) in [4.78, 5) is 0. The molecule has 0 aliphatic carbocycles. The van der Waals surface area contributed by atoms with E-state index in [4.69, 9.17) is 0 Å². The van der Waals surface area contributed by atoms with Crippen molar-refractivity contribution in [3.8, 4) is 5.75 Å². The zero-order valence-corrected chi connectivity index (χ0v) is 9.14. The Bertz CT molecular complexity index is 350. The summed E-state index contributed by atoms with van der Waals surface area (Å²) in [6, 6.07) is 2.75. The molecule has 2 rings (SSSR count). The molecule has 4 heteroatoms. The number of aromatic hydroxyl groups is 1. The molecule has 1 aliphatic rings. The largest absolute Gasteiger partial charge is 0.506 e. The molecule has 0 spiro atoms. The van der Waals surface area contributed by atoms with E-state index in [1.165, 1.54) is 12.1 Å². The molecule has 0 bridgehead atoms. The first kappa shape index (κ1) is 9.93. The first-order valence-electron chi connectivity index (χ1n) is 4.60. The van der Waals surface area contributed by atoms with Crippen LogP contribution in [-0.4, -0.2) is 11.7 Å².